The molecule has 0 aliphatic rings. The van der Waals surface area contributed by atoms with Crippen LogP contribution in [0.5, 0.6) is 0 Å². The van der Waals surface area contributed by atoms with Gasteiger partial charge in [0.15, 0.2) is 0 Å². The van der Waals surface area contributed by atoms with Crippen molar-refractivity contribution in [3.63, 3.8) is 0 Å². The number of hydrogen-bond acceptors (Lipinski definition) is 4. The average Bonchev–Trinajstić information content (AvgIpc) is 2.28. The number of benzene rings is 1. The number of esters is 1. The SMILES string of the molecule is COC(=O)CCCSc1cc(C)ccc1N. The van der Waals surface area contributed by atoms with Gasteiger partial charge in [0.05, 0.1) is 7.11 Å². The van der Waals surface area contributed by atoms with Gasteiger partial charge >= 0.3 is 5.97 Å². The van der Waals surface area contributed by atoms with Crippen LogP contribution in [0.25, 0.3) is 0 Å². The fraction of sp³-hybridized carbons (Fsp3) is 0.417. The molecule has 0 heterocycles. The van der Waals surface area contributed by atoms with E-state index in [9.17, 15) is 4.79 Å². The molecular formula is C12H17NO2S. The molecule has 1 aromatic rings. The topological polar surface area (TPSA) is 52.3 Å². The Balaban J connectivity index is 2.37. The maximum atomic E-state index is 10.9. The summed E-state index contributed by atoms with van der Waals surface area (Å²) in [5.74, 6) is 0.723. The number of nitrogen functional groups attached to an aromatic ring is 1. The molecule has 4 heteroatoms. The van der Waals surface area contributed by atoms with E-state index in [2.05, 4.69) is 10.8 Å². The molecular weight excluding hydrogens is 222 g/mol. The van der Waals surface area contributed by atoms with Gasteiger partial charge in [-0.05, 0) is 36.8 Å². The van der Waals surface area contributed by atoms with Crippen molar-refractivity contribution < 1.29 is 9.53 Å². The molecule has 16 heavy (non-hydrogen) atoms. The fourth-order valence-corrected chi connectivity index (χ4v) is 2.28. The van der Waals surface area contributed by atoms with E-state index >= 15 is 0 Å². The minimum Gasteiger partial charge on any atom is -0.469 e. The molecule has 0 fully saturated rings. The van der Waals surface area contributed by atoms with Crippen molar-refractivity contribution in [1.82, 2.24) is 0 Å². The third-order valence-corrected chi connectivity index (χ3v) is 3.34. The van der Waals surface area contributed by atoms with E-state index < -0.39 is 0 Å². The van der Waals surface area contributed by atoms with E-state index in [-0.39, 0.29) is 5.97 Å². The van der Waals surface area contributed by atoms with Crippen LogP contribution in [-0.4, -0.2) is 18.8 Å². The normalized spacial score (nSPS) is 10.1. The van der Waals surface area contributed by atoms with Crippen LogP contribution in [0.1, 0.15) is 18.4 Å². The standard InChI is InChI=1S/C12H17NO2S/c1-9-5-6-10(13)11(8-9)16-7-3-4-12(14)15-2/h5-6,8H,3-4,7,13H2,1-2H3. The summed E-state index contributed by atoms with van der Waals surface area (Å²) in [6.45, 7) is 2.04. The quantitative estimate of drug-likeness (QED) is 0.371. The smallest absolute Gasteiger partial charge is 0.305 e. The summed E-state index contributed by atoms with van der Waals surface area (Å²) in [5, 5.41) is 0. The van der Waals surface area contributed by atoms with Gasteiger partial charge < -0.3 is 10.5 Å². The summed E-state index contributed by atoms with van der Waals surface area (Å²) >= 11 is 1.68. The molecule has 0 aromatic heterocycles. The van der Waals surface area contributed by atoms with Crippen LogP contribution in [0.15, 0.2) is 23.1 Å². The van der Waals surface area contributed by atoms with Gasteiger partial charge in [0.1, 0.15) is 0 Å². The first-order valence-electron chi connectivity index (χ1n) is 5.19. The zero-order valence-electron chi connectivity index (χ0n) is 9.66. The number of thioether (sulfide) groups is 1. The van der Waals surface area contributed by atoms with Crippen LogP contribution in [0.3, 0.4) is 0 Å². The maximum Gasteiger partial charge on any atom is 0.305 e. The van der Waals surface area contributed by atoms with Gasteiger partial charge in [-0.15, -0.1) is 11.8 Å². The highest BCUT2D eigenvalue weighted by Crippen LogP contribution is 2.26. The van der Waals surface area contributed by atoms with Gasteiger partial charge in [0, 0.05) is 17.0 Å². The molecule has 0 amide bonds. The highest BCUT2D eigenvalue weighted by Gasteiger charge is 2.02. The van der Waals surface area contributed by atoms with Gasteiger partial charge in [0.2, 0.25) is 0 Å². The predicted octanol–water partition coefficient (Wildman–Crippen LogP) is 2.62. The molecule has 0 bridgehead atoms. The maximum absolute atomic E-state index is 10.9. The number of anilines is 1. The number of nitrogens with two attached hydrogens (primary N) is 1. The molecule has 1 aromatic carbocycles. The molecule has 1 rings (SSSR count). The van der Waals surface area contributed by atoms with E-state index in [1.807, 2.05) is 19.1 Å². The highest BCUT2D eigenvalue weighted by atomic mass is 32.2. The largest absolute Gasteiger partial charge is 0.469 e. The lowest BCUT2D eigenvalue weighted by atomic mass is 10.2. The molecule has 0 aliphatic carbocycles. The van der Waals surface area contributed by atoms with Crippen molar-refractivity contribution in [3.05, 3.63) is 23.8 Å². The van der Waals surface area contributed by atoms with E-state index in [0.717, 1.165) is 22.8 Å². The van der Waals surface area contributed by atoms with E-state index in [4.69, 9.17) is 5.73 Å². The van der Waals surface area contributed by atoms with Gasteiger partial charge in [0.25, 0.3) is 0 Å². The van der Waals surface area contributed by atoms with Crippen molar-refractivity contribution >= 4 is 23.4 Å². The zero-order valence-corrected chi connectivity index (χ0v) is 10.5. The molecule has 0 unspecified atom stereocenters. The van der Waals surface area contributed by atoms with Crippen molar-refractivity contribution in [2.45, 2.75) is 24.7 Å². The second-order valence-corrected chi connectivity index (χ2v) is 4.71. The summed E-state index contributed by atoms with van der Waals surface area (Å²) in [7, 11) is 1.41. The molecule has 0 spiro atoms. The van der Waals surface area contributed by atoms with Crippen molar-refractivity contribution in [3.8, 4) is 0 Å². The van der Waals surface area contributed by atoms with Gasteiger partial charge in [-0.2, -0.15) is 0 Å². The van der Waals surface area contributed by atoms with Gasteiger partial charge in [-0.25, -0.2) is 0 Å². The molecule has 0 saturated carbocycles. The van der Waals surface area contributed by atoms with Crippen LogP contribution in [0.4, 0.5) is 5.69 Å². The van der Waals surface area contributed by atoms with Crippen LogP contribution < -0.4 is 5.73 Å². The lowest BCUT2D eigenvalue weighted by Gasteiger charge is -2.06. The summed E-state index contributed by atoms with van der Waals surface area (Å²) in [6, 6.07) is 5.98. The minimum atomic E-state index is -0.155. The molecule has 0 radical (unpaired) electrons. The summed E-state index contributed by atoms with van der Waals surface area (Å²) in [4.78, 5) is 12.0. The predicted molar refractivity (Wildman–Crippen MR) is 67.6 cm³/mol. The first kappa shape index (κ1) is 12.9. The Morgan fingerprint density at radius 2 is 2.25 bits per heavy atom. The van der Waals surface area contributed by atoms with Crippen LogP contribution in [-0.2, 0) is 9.53 Å². The first-order chi connectivity index (χ1) is 7.63. The molecule has 3 nitrogen and oxygen atoms in total. The number of ether oxygens (including phenoxy) is 1. The monoisotopic (exact) mass is 239 g/mol. The number of rotatable bonds is 5. The number of carbonyl (C=O) groups is 1. The summed E-state index contributed by atoms with van der Waals surface area (Å²) in [5.41, 5.74) is 7.84. The molecule has 0 aliphatic heterocycles. The molecule has 88 valence electrons. The van der Waals surface area contributed by atoms with Crippen molar-refractivity contribution in [1.29, 1.82) is 0 Å². The number of carbonyl (C=O) groups excluding carboxylic acids is 1. The second kappa shape index (κ2) is 6.43. The Bertz CT molecular complexity index is 366. The Morgan fingerprint density at radius 1 is 1.50 bits per heavy atom. The van der Waals surface area contributed by atoms with Crippen molar-refractivity contribution in [2.24, 2.45) is 0 Å². The zero-order chi connectivity index (χ0) is 12.0. The highest BCUT2D eigenvalue weighted by molar-refractivity contribution is 7.99. The molecule has 0 atom stereocenters. The fourth-order valence-electron chi connectivity index (χ4n) is 1.27. The third kappa shape index (κ3) is 4.14. The van der Waals surface area contributed by atoms with Crippen LogP contribution in [0.2, 0.25) is 0 Å². The minimum absolute atomic E-state index is 0.155. The third-order valence-electron chi connectivity index (χ3n) is 2.18. The van der Waals surface area contributed by atoms with Crippen LogP contribution >= 0.6 is 11.8 Å². The Labute approximate surface area is 100 Å². The summed E-state index contributed by atoms with van der Waals surface area (Å²) < 4.78 is 4.57. The summed E-state index contributed by atoms with van der Waals surface area (Å²) in [6.07, 6.45) is 1.28. The van der Waals surface area contributed by atoms with E-state index in [0.29, 0.717) is 6.42 Å². The second-order valence-electron chi connectivity index (χ2n) is 3.57. The van der Waals surface area contributed by atoms with E-state index in [1.54, 1.807) is 11.8 Å². The van der Waals surface area contributed by atoms with E-state index in [1.165, 1.54) is 12.7 Å². The van der Waals surface area contributed by atoms with Gasteiger partial charge in [-0.3, -0.25) is 4.79 Å². The lowest BCUT2D eigenvalue weighted by molar-refractivity contribution is -0.140. The average molecular weight is 239 g/mol. The van der Waals surface area contributed by atoms with Crippen molar-refractivity contribution in [2.75, 3.05) is 18.6 Å². The molecule has 0 saturated heterocycles. The number of hydrogen-bond donors (Lipinski definition) is 1. The van der Waals surface area contributed by atoms with Gasteiger partial charge in [-0.1, -0.05) is 6.07 Å². The Hall–Kier alpha value is -1.16. The number of aryl methyl sites for hydroxylation is 1. The Morgan fingerprint density at radius 3 is 2.94 bits per heavy atom. The van der Waals surface area contributed by atoms with Crippen LogP contribution in [0, 0.1) is 6.92 Å². The number of methoxy groups -OCH3 is 1. The lowest BCUT2D eigenvalue weighted by Crippen LogP contribution is -2.00. The Kier molecular flexibility index (Phi) is 5.19. The molecule has 2 N–H and O–H groups in total. The first-order valence-corrected chi connectivity index (χ1v) is 6.18.